The van der Waals surface area contributed by atoms with Crippen molar-refractivity contribution in [1.29, 1.82) is 0 Å². The lowest BCUT2D eigenvalue weighted by molar-refractivity contribution is 1.04. The Balaban J connectivity index is 2.78. The minimum absolute atomic E-state index is 0.677. The van der Waals surface area contributed by atoms with Crippen molar-refractivity contribution in [2.45, 2.75) is 20.8 Å². The largest absolute Gasteiger partial charge is 0.272 e. The quantitative estimate of drug-likeness (QED) is 0.457. The first-order valence-corrected chi connectivity index (χ1v) is 4.88. The molecule has 0 unspecified atom stereocenters. The van der Waals surface area contributed by atoms with Gasteiger partial charge < -0.3 is 0 Å². The molecule has 14 heavy (non-hydrogen) atoms. The standard InChI is InChI=1S/C11H14N2S/c1-8-4-6-11(7-5-8)9(2)12-13-10(3)14/h4-7H,1-3H3,(H,13,14)/b12-9+. The molecular formula is C11H14N2S. The average molecular weight is 206 g/mol. The third-order valence-corrected chi connectivity index (χ3v) is 1.94. The van der Waals surface area contributed by atoms with Crippen LogP contribution in [0.1, 0.15) is 25.0 Å². The highest BCUT2D eigenvalue weighted by Crippen LogP contribution is 2.03. The van der Waals surface area contributed by atoms with Gasteiger partial charge in [-0.05, 0) is 26.3 Å². The molecule has 0 aliphatic heterocycles. The molecule has 1 aromatic carbocycles. The first kappa shape index (κ1) is 10.9. The van der Waals surface area contributed by atoms with Crippen LogP contribution in [0.2, 0.25) is 0 Å². The number of rotatable bonds is 2. The van der Waals surface area contributed by atoms with Gasteiger partial charge in [0.1, 0.15) is 0 Å². The summed E-state index contributed by atoms with van der Waals surface area (Å²) in [5.41, 5.74) is 6.08. The van der Waals surface area contributed by atoms with Gasteiger partial charge in [0, 0.05) is 0 Å². The Morgan fingerprint density at radius 2 is 1.79 bits per heavy atom. The van der Waals surface area contributed by atoms with Crippen molar-refractivity contribution >= 4 is 22.9 Å². The van der Waals surface area contributed by atoms with Crippen molar-refractivity contribution in [2.75, 3.05) is 0 Å². The van der Waals surface area contributed by atoms with E-state index in [2.05, 4.69) is 41.7 Å². The summed E-state index contributed by atoms with van der Waals surface area (Å²) in [5.74, 6) is 0. The smallest absolute Gasteiger partial charge is 0.0930 e. The van der Waals surface area contributed by atoms with Crippen LogP contribution in [-0.4, -0.2) is 10.7 Å². The molecule has 0 aromatic heterocycles. The number of benzene rings is 1. The molecule has 0 aliphatic rings. The fourth-order valence-corrected chi connectivity index (χ4v) is 1.07. The second-order valence-electron chi connectivity index (χ2n) is 3.23. The molecular weight excluding hydrogens is 192 g/mol. The molecule has 0 amide bonds. The highest BCUT2D eigenvalue weighted by molar-refractivity contribution is 7.80. The highest BCUT2D eigenvalue weighted by Gasteiger charge is 1.95. The Labute approximate surface area is 90.0 Å². The van der Waals surface area contributed by atoms with Gasteiger partial charge in [-0.3, -0.25) is 5.43 Å². The third-order valence-electron chi connectivity index (χ3n) is 1.85. The number of hydrogen-bond donors (Lipinski definition) is 1. The summed E-state index contributed by atoms with van der Waals surface area (Å²) in [7, 11) is 0. The lowest BCUT2D eigenvalue weighted by Gasteiger charge is -2.02. The number of nitrogens with one attached hydrogen (secondary N) is 1. The molecule has 0 spiro atoms. The number of hydrogen-bond acceptors (Lipinski definition) is 2. The van der Waals surface area contributed by atoms with Crippen molar-refractivity contribution in [3.63, 3.8) is 0 Å². The van der Waals surface area contributed by atoms with E-state index in [0.717, 1.165) is 11.3 Å². The van der Waals surface area contributed by atoms with Crippen molar-refractivity contribution in [3.8, 4) is 0 Å². The summed E-state index contributed by atoms with van der Waals surface area (Å²) in [5, 5.41) is 4.15. The van der Waals surface area contributed by atoms with Gasteiger partial charge in [-0.2, -0.15) is 5.10 Å². The fraction of sp³-hybridized carbons (Fsp3) is 0.273. The lowest BCUT2D eigenvalue weighted by Crippen LogP contribution is -2.13. The Morgan fingerprint density at radius 3 is 2.29 bits per heavy atom. The predicted octanol–water partition coefficient (Wildman–Crippen LogP) is 2.66. The Hall–Kier alpha value is -1.22. The van der Waals surface area contributed by atoms with E-state index in [4.69, 9.17) is 12.2 Å². The van der Waals surface area contributed by atoms with Crippen LogP contribution in [0.15, 0.2) is 29.4 Å². The number of nitrogens with zero attached hydrogens (tertiary/aromatic N) is 1. The van der Waals surface area contributed by atoms with E-state index in [-0.39, 0.29) is 0 Å². The van der Waals surface area contributed by atoms with Crippen LogP contribution < -0.4 is 5.43 Å². The van der Waals surface area contributed by atoms with Crippen LogP contribution in [0, 0.1) is 6.92 Å². The van der Waals surface area contributed by atoms with Crippen molar-refractivity contribution in [3.05, 3.63) is 35.4 Å². The Morgan fingerprint density at radius 1 is 1.21 bits per heavy atom. The summed E-state index contributed by atoms with van der Waals surface area (Å²) in [6.07, 6.45) is 0. The van der Waals surface area contributed by atoms with E-state index in [9.17, 15) is 0 Å². The molecule has 1 aromatic rings. The van der Waals surface area contributed by atoms with E-state index >= 15 is 0 Å². The molecule has 2 nitrogen and oxygen atoms in total. The molecule has 0 radical (unpaired) electrons. The maximum absolute atomic E-state index is 4.87. The van der Waals surface area contributed by atoms with Gasteiger partial charge in [0.05, 0.1) is 10.7 Å². The van der Waals surface area contributed by atoms with Gasteiger partial charge in [-0.15, -0.1) is 0 Å². The molecule has 0 bridgehead atoms. The first-order valence-electron chi connectivity index (χ1n) is 4.47. The Kier molecular flexibility index (Phi) is 3.77. The molecule has 0 heterocycles. The van der Waals surface area contributed by atoms with Crippen LogP contribution >= 0.6 is 12.2 Å². The number of hydrazone groups is 1. The molecule has 0 fully saturated rings. The maximum atomic E-state index is 4.87. The molecule has 1 N–H and O–H groups in total. The minimum Gasteiger partial charge on any atom is -0.272 e. The number of aryl methyl sites for hydroxylation is 1. The third kappa shape index (κ3) is 3.26. The average Bonchev–Trinajstić information content (AvgIpc) is 2.15. The summed E-state index contributed by atoms with van der Waals surface area (Å²) in [6.45, 7) is 5.83. The SMILES string of the molecule is CC(=S)N/N=C(\C)c1ccc(C)cc1. The molecule has 74 valence electrons. The van der Waals surface area contributed by atoms with Gasteiger partial charge in [0.15, 0.2) is 0 Å². The molecule has 3 heteroatoms. The highest BCUT2D eigenvalue weighted by atomic mass is 32.1. The van der Waals surface area contributed by atoms with E-state index in [1.165, 1.54) is 5.56 Å². The normalized spacial score (nSPS) is 11.2. The molecule has 0 atom stereocenters. The molecule has 0 saturated heterocycles. The fourth-order valence-electron chi connectivity index (χ4n) is 1.02. The Bertz CT molecular complexity index is 352. The van der Waals surface area contributed by atoms with E-state index < -0.39 is 0 Å². The monoisotopic (exact) mass is 206 g/mol. The van der Waals surface area contributed by atoms with Gasteiger partial charge in [-0.25, -0.2) is 0 Å². The minimum atomic E-state index is 0.677. The van der Waals surface area contributed by atoms with Gasteiger partial charge in [0.25, 0.3) is 0 Å². The summed E-state index contributed by atoms with van der Waals surface area (Å²) >= 11 is 4.87. The molecule has 1 rings (SSSR count). The summed E-state index contributed by atoms with van der Waals surface area (Å²) in [4.78, 5) is 0.677. The van der Waals surface area contributed by atoms with Crippen LogP contribution in [0.3, 0.4) is 0 Å². The van der Waals surface area contributed by atoms with Gasteiger partial charge in [-0.1, -0.05) is 42.0 Å². The van der Waals surface area contributed by atoms with Crippen LogP contribution in [0.5, 0.6) is 0 Å². The van der Waals surface area contributed by atoms with Gasteiger partial charge in [0.2, 0.25) is 0 Å². The first-order chi connectivity index (χ1) is 6.59. The predicted molar refractivity (Wildman–Crippen MR) is 64.8 cm³/mol. The number of thiocarbonyl (C=S) groups is 1. The summed E-state index contributed by atoms with van der Waals surface area (Å²) in [6, 6.07) is 8.24. The van der Waals surface area contributed by atoms with Crippen molar-refractivity contribution < 1.29 is 0 Å². The van der Waals surface area contributed by atoms with E-state index in [0.29, 0.717) is 4.99 Å². The zero-order chi connectivity index (χ0) is 10.6. The van der Waals surface area contributed by atoms with Crippen molar-refractivity contribution in [1.82, 2.24) is 5.43 Å². The van der Waals surface area contributed by atoms with Crippen LogP contribution in [0.25, 0.3) is 0 Å². The van der Waals surface area contributed by atoms with Crippen LogP contribution in [0.4, 0.5) is 0 Å². The molecule has 0 aliphatic carbocycles. The van der Waals surface area contributed by atoms with Gasteiger partial charge >= 0.3 is 0 Å². The zero-order valence-electron chi connectivity index (χ0n) is 8.66. The topological polar surface area (TPSA) is 24.4 Å². The van der Waals surface area contributed by atoms with E-state index in [1.807, 2.05) is 6.92 Å². The second kappa shape index (κ2) is 4.86. The zero-order valence-corrected chi connectivity index (χ0v) is 9.48. The second-order valence-corrected chi connectivity index (χ2v) is 3.84. The summed E-state index contributed by atoms with van der Waals surface area (Å²) < 4.78 is 0. The van der Waals surface area contributed by atoms with Crippen molar-refractivity contribution in [2.24, 2.45) is 5.10 Å². The molecule has 0 saturated carbocycles. The maximum Gasteiger partial charge on any atom is 0.0930 e. The van der Waals surface area contributed by atoms with Crippen LogP contribution in [-0.2, 0) is 0 Å². The van der Waals surface area contributed by atoms with E-state index in [1.54, 1.807) is 6.92 Å². The lowest BCUT2D eigenvalue weighted by atomic mass is 10.1.